The summed E-state index contributed by atoms with van der Waals surface area (Å²) in [6, 6.07) is 3.00. The summed E-state index contributed by atoms with van der Waals surface area (Å²) >= 11 is 4.25. The zero-order valence-corrected chi connectivity index (χ0v) is 37.2. The van der Waals surface area contributed by atoms with Crippen LogP contribution in [0.3, 0.4) is 0 Å². The molecule has 6 atom stereocenters. The van der Waals surface area contributed by atoms with E-state index in [1.165, 1.54) is 4.90 Å². The van der Waals surface area contributed by atoms with Crippen LogP contribution in [0.5, 0.6) is 0 Å². The third kappa shape index (κ3) is 15.6. The molecule has 0 radical (unpaired) electrons. The van der Waals surface area contributed by atoms with Crippen LogP contribution in [-0.2, 0) is 49.6 Å². The number of aromatic nitrogens is 1. The van der Waals surface area contributed by atoms with E-state index in [2.05, 4.69) is 38.9 Å². The number of rotatable bonds is 13. The highest BCUT2D eigenvalue weighted by atomic mass is 32.1. The second-order valence-corrected chi connectivity index (χ2v) is 17.2. The molecule has 0 aliphatic carbocycles. The molecule has 6 amide bonds. The highest BCUT2D eigenvalue weighted by Crippen LogP contribution is 2.24. The number of hydrogen-bond acceptors (Lipinski definition) is 12. The van der Waals surface area contributed by atoms with Gasteiger partial charge in [-0.1, -0.05) is 24.6 Å². The molecule has 0 spiro atoms. The van der Waals surface area contributed by atoms with E-state index in [0.717, 1.165) is 29.4 Å². The first kappa shape index (κ1) is 50.5. The number of unbranched alkanes of at least 4 members (excludes halogenated alkanes) is 1. The number of thiol groups is 1. The molecule has 4 rings (SSSR count). The molecule has 18 nitrogen and oxygen atoms in total. The van der Waals surface area contributed by atoms with Crippen LogP contribution >= 0.6 is 12.6 Å². The number of nitrogens with zero attached hydrogens (tertiary/aromatic N) is 2. The first-order valence-electron chi connectivity index (χ1n) is 21.9. The number of benzene rings is 1. The minimum Gasteiger partial charge on any atom is -0.389 e. The smallest absolute Gasteiger partial charge is 0.246 e. The molecule has 8 N–H and O–H groups in total. The number of likely N-dealkylation sites (tertiary alicyclic amines) is 1. The number of nitrogens with two attached hydrogens (primary N) is 1. The van der Waals surface area contributed by atoms with Gasteiger partial charge in [0.1, 0.15) is 18.7 Å². The fourth-order valence-electron chi connectivity index (χ4n) is 8.20. The summed E-state index contributed by atoms with van der Waals surface area (Å²) in [7, 11) is 3.87. The first-order valence-corrected chi connectivity index (χ1v) is 22.5. The van der Waals surface area contributed by atoms with Gasteiger partial charge in [-0.2, -0.15) is 12.6 Å². The molecular formula is C44H64N8O10S. The summed E-state index contributed by atoms with van der Waals surface area (Å²) in [5, 5.41) is 21.4. The van der Waals surface area contributed by atoms with Crippen LogP contribution in [0.4, 0.5) is 0 Å². The van der Waals surface area contributed by atoms with Gasteiger partial charge in [-0.05, 0) is 83.6 Å². The van der Waals surface area contributed by atoms with Crippen molar-refractivity contribution in [1.29, 1.82) is 0 Å². The molecule has 2 saturated heterocycles. The Bertz CT molecular complexity index is 1960. The maximum absolute atomic E-state index is 14.1. The predicted molar refractivity (Wildman–Crippen MR) is 237 cm³/mol. The van der Waals surface area contributed by atoms with Gasteiger partial charge in [0.25, 0.3) is 0 Å². The van der Waals surface area contributed by atoms with Crippen molar-refractivity contribution in [3.63, 3.8) is 0 Å². The molecule has 0 unspecified atom stereocenters. The number of carbonyl (C=O) groups excluding carboxylic acids is 9. The van der Waals surface area contributed by atoms with Crippen molar-refractivity contribution in [3.8, 4) is 0 Å². The van der Waals surface area contributed by atoms with Gasteiger partial charge >= 0.3 is 0 Å². The summed E-state index contributed by atoms with van der Waals surface area (Å²) in [5.74, 6) is -7.52. The van der Waals surface area contributed by atoms with Crippen LogP contribution in [0, 0.1) is 11.8 Å². The molecule has 0 saturated carbocycles. The van der Waals surface area contributed by atoms with Crippen LogP contribution in [-0.4, -0.2) is 143 Å². The lowest BCUT2D eigenvalue weighted by Gasteiger charge is -2.29. The SMILES string of the molecule is CN(C)CCCC[C@@H]1NC(=O)CCC(=O)[C@H](CS)NC(=O)C[C@@H](C(=O)N2CCC[C@H]2C(N)=O)NC(=O)[C@@H](CC(=O)CO)CCCCNC(=O)[C@H](Cc2c[nH]c3ccccc23)CC1=O. The number of para-hydroxylation sites is 1. The molecule has 346 valence electrons. The zero-order valence-electron chi connectivity index (χ0n) is 36.3. The highest BCUT2D eigenvalue weighted by molar-refractivity contribution is 7.80. The van der Waals surface area contributed by atoms with Gasteiger partial charge in [-0.3, -0.25) is 43.2 Å². The second kappa shape index (κ2) is 25.2. The number of amides is 6. The lowest BCUT2D eigenvalue weighted by Crippen LogP contribution is -2.55. The number of aromatic amines is 1. The van der Waals surface area contributed by atoms with E-state index in [-0.39, 0.29) is 75.5 Å². The quantitative estimate of drug-likeness (QED) is 0.101. The predicted octanol–water partition coefficient (Wildman–Crippen LogP) is 0.485. The largest absolute Gasteiger partial charge is 0.389 e. The molecule has 1 aromatic heterocycles. The number of fused-ring (bicyclic) bond motifs is 1. The fourth-order valence-corrected chi connectivity index (χ4v) is 8.49. The number of hydrogen-bond donors (Lipinski definition) is 8. The highest BCUT2D eigenvalue weighted by Gasteiger charge is 2.39. The second-order valence-electron chi connectivity index (χ2n) is 16.9. The normalized spacial score (nSPS) is 24.4. The monoisotopic (exact) mass is 896 g/mol. The van der Waals surface area contributed by atoms with Crippen LogP contribution in [0.15, 0.2) is 30.5 Å². The lowest BCUT2D eigenvalue weighted by molar-refractivity contribution is -0.143. The molecule has 2 aliphatic rings. The van der Waals surface area contributed by atoms with Gasteiger partial charge in [0.05, 0.1) is 18.5 Å². The van der Waals surface area contributed by atoms with Crippen LogP contribution in [0.1, 0.15) is 89.0 Å². The van der Waals surface area contributed by atoms with Gasteiger partial charge in [-0.15, -0.1) is 0 Å². The Kier molecular flexibility index (Phi) is 20.2. The Morgan fingerprint density at radius 2 is 1.60 bits per heavy atom. The maximum Gasteiger partial charge on any atom is 0.246 e. The van der Waals surface area contributed by atoms with Gasteiger partial charge in [-0.25, -0.2) is 0 Å². The Morgan fingerprint density at radius 1 is 0.857 bits per heavy atom. The Balaban J connectivity index is 1.63. The minimum absolute atomic E-state index is 0.108. The van der Waals surface area contributed by atoms with Crippen molar-refractivity contribution in [3.05, 3.63) is 36.0 Å². The number of nitrogens with one attached hydrogen (secondary N) is 5. The van der Waals surface area contributed by atoms with Gasteiger partial charge in [0.2, 0.25) is 35.4 Å². The van der Waals surface area contributed by atoms with Crippen molar-refractivity contribution < 1.29 is 48.3 Å². The van der Waals surface area contributed by atoms with Crippen molar-refractivity contribution >= 4 is 76.3 Å². The molecule has 2 aromatic rings. The third-order valence-corrected chi connectivity index (χ3v) is 12.1. The van der Waals surface area contributed by atoms with Gasteiger partial charge in [0.15, 0.2) is 17.3 Å². The number of ketones is 3. The number of aliphatic hydroxyl groups is 1. The molecule has 63 heavy (non-hydrogen) atoms. The Morgan fingerprint density at radius 3 is 2.32 bits per heavy atom. The topological polar surface area (TPSA) is 270 Å². The lowest BCUT2D eigenvalue weighted by atomic mass is 9.89. The van der Waals surface area contributed by atoms with Gasteiger partial charge in [0, 0.05) is 73.5 Å². The summed E-state index contributed by atoms with van der Waals surface area (Å²) in [5.41, 5.74) is 7.27. The summed E-state index contributed by atoms with van der Waals surface area (Å²) in [4.78, 5) is 127. The molecule has 0 bridgehead atoms. The zero-order chi connectivity index (χ0) is 46.1. The van der Waals surface area contributed by atoms with Crippen molar-refractivity contribution in [2.24, 2.45) is 17.6 Å². The van der Waals surface area contributed by atoms with Crippen molar-refractivity contribution in [2.75, 3.05) is 46.1 Å². The third-order valence-electron chi connectivity index (χ3n) is 11.7. The van der Waals surface area contributed by atoms with Crippen molar-refractivity contribution in [1.82, 2.24) is 36.1 Å². The number of aliphatic hydroxyl groups excluding tert-OH is 1. The number of Topliss-reactive ketones (excluding diaryl/α,β-unsaturated/α-hetero) is 3. The first-order chi connectivity index (χ1) is 30.1. The maximum atomic E-state index is 14.1. The summed E-state index contributed by atoms with van der Waals surface area (Å²) in [6.45, 7) is 0.237. The van der Waals surface area contributed by atoms with E-state index in [0.29, 0.717) is 32.1 Å². The molecule has 2 fully saturated rings. The van der Waals surface area contributed by atoms with E-state index < -0.39 is 90.1 Å². The Hall–Kier alpha value is -5.14. The average molecular weight is 897 g/mol. The van der Waals surface area contributed by atoms with Crippen LogP contribution in [0.2, 0.25) is 0 Å². The van der Waals surface area contributed by atoms with E-state index in [1.54, 1.807) is 0 Å². The molecule has 3 heterocycles. The minimum atomic E-state index is -1.52. The number of carbonyl (C=O) groups is 9. The Labute approximate surface area is 373 Å². The fraction of sp³-hybridized carbons (Fsp3) is 0.614. The van der Waals surface area contributed by atoms with Crippen molar-refractivity contribution in [2.45, 2.75) is 114 Å². The number of primary amides is 1. The summed E-state index contributed by atoms with van der Waals surface area (Å²) in [6.07, 6.45) is 3.40. The molecule has 1 aromatic carbocycles. The molecule has 2 aliphatic heterocycles. The van der Waals surface area contributed by atoms with E-state index in [4.69, 9.17) is 5.73 Å². The average Bonchev–Trinajstić information content (AvgIpc) is 3.92. The molecular weight excluding hydrogens is 833 g/mol. The van der Waals surface area contributed by atoms with Gasteiger partial charge < -0.3 is 46.9 Å². The molecule has 19 heteroatoms. The van der Waals surface area contributed by atoms with Crippen LogP contribution in [0.25, 0.3) is 10.9 Å². The van der Waals surface area contributed by atoms with Crippen LogP contribution < -0.4 is 27.0 Å². The standard InChI is InChI=1S/C44H64N8O10S/c1-51(2)18-8-6-13-33-38(56)22-28(20-29-24-47-32-12-4-3-11-31(29)32)42(60)46-17-7-5-10-27(21-30(54)25-53)43(61)50-34(44(62)52-19-9-14-36(52)41(45)59)23-40(58)49-35(26-63)37(55)15-16-39(57)48-33/h3-4,11-12,24,27-28,33-36,47,53,63H,5-10,13-23,25-26H2,1-2H3,(H2,45,59)(H,46,60)(H,48,57)(H,49,58)(H,50,61)/t27-,28-,33+,34+,35+,36+/m1/s1. The van der Waals surface area contributed by atoms with E-state index >= 15 is 0 Å². The summed E-state index contributed by atoms with van der Waals surface area (Å²) < 4.78 is 0. The van der Waals surface area contributed by atoms with E-state index in [1.807, 2.05) is 49.5 Å². The number of H-pyrrole nitrogens is 1. The van der Waals surface area contributed by atoms with E-state index in [9.17, 15) is 48.3 Å².